The van der Waals surface area contributed by atoms with Crippen LogP contribution in [0.5, 0.6) is 5.75 Å². The highest BCUT2D eigenvalue weighted by Crippen LogP contribution is 2.34. The molecule has 1 aromatic carbocycles. The average Bonchev–Trinajstić information content (AvgIpc) is 2.62. The summed E-state index contributed by atoms with van der Waals surface area (Å²) in [5.74, 6) is -0.194. The molecule has 0 bridgehead atoms. The molecule has 0 saturated carbocycles. The second-order valence-corrected chi connectivity index (χ2v) is 3.88. The number of ether oxygens (including phenoxy) is 1. The minimum atomic E-state index is -0.502. The molecule has 0 spiro atoms. The fourth-order valence-electron chi connectivity index (χ4n) is 1.82. The van der Waals surface area contributed by atoms with Gasteiger partial charge in [0.05, 0.1) is 12.0 Å². The summed E-state index contributed by atoms with van der Waals surface area (Å²) >= 11 is 0. The van der Waals surface area contributed by atoms with Gasteiger partial charge in [0.2, 0.25) is 5.76 Å². The SMILES string of the molecule is CCOC(=O)c1oc2ccc(C)c(O)c2c1C. The van der Waals surface area contributed by atoms with Crippen molar-refractivity contribution in [2.24, 2.45) is 0 Å². The molecule has 0 atom stereocenters. The molecule has 17 heavy (non-hydrogen) atoms. The zero-order chi connectivity index (χ0) is 12.6. The Bertz CT molecular complexity index is 581. The van der Waals surface area contributed by atoms with Crippen LogP contribution in [0.15, 0.2) is 16.5 Å². The summed E-state index contributed by atoms with van der Waals surface area (Å²) in [6.07, 6.45) is 0. The summed E-state index contributed by atoms with van der Waals surface area (Å²) in [6.45, 7) is 5.56. The third-order valence-corrected chi connectivity index (χ3v) is 2.73. The first kappa shape index (κ1) is 11.5. The lowest BCUT2D eigenvalue weighted by molar-refractivity contribution is 0.0491. The predicted molar refractivity (Wildman–Crippen MR) is 63.3 cm³/mol. The number of aryl methyl sites for hydroxylation is 2. The Morgan fingerprint density at radius 3 is 2.76 bits per heavy atom. The number of hydrogen-bond donors (Lipinski definition) is 1. The fourth-order valence-corrected chi connectivity index (χ4v) is 1.82. The van der Waals surface area contributed by atoms with Crippen LogP contribution in [0.4, 0.5) is 0 Å². The molecule has 90 valence electrons. The number of fused-ring (bicyclic) bond motifs is 1. The molecule has 0 aliphatic rings. The van der Waals surface area contributed by atoms with Crippen LogP contribution in [0.3, 0.4) is 0 Å². The second-order valence-electron chi connectivity index (χ2n) is 3.88. The Morgan fingerprint density at radius 1 is 1.41 bits per heavy atom. The van der Waals surface area contributed by atoms with E-state index in [1.165, 1.54) is 0 Å². The van der Waals surface area contributed by atoms with Crippen molar-refractivity contribution < 1.29 is 19.1 Å². The van der Waals surface area contributed by atoms with Crippen LogP contribution >= 0.6 is 0 Å². The van der Waals surface area contributed by atoms with E-state index in [0.29, 0.717) is 23.1 Å². The number of phenolic OH excluding ortho intramolecular Hbond substituents is 1. The highest BCUT2D eigenvalue weighted by Gasteiger charge is 2.21. The van der Waals surface area contributed by atoms with Crippen LogP contribution in [-0.4, -0.2) is 17.7 Å². The van der Waals surface area contributed by atoms with Crippen LogP contribution in [0.25, 0.3) is 11.0 Å². The van der Waals surface area contributed by atoms with Gasteiger partial charge < -0.3 is 14.3 Å². The molecule has 4 heteroatoms. The highest BCUT2D eigenvalue weighted by molar-refractivity contribution is 5.98. The molecule has 1 aromatic heterocycles. The maximum atomic E-state index is 11.6. The molecule has 0 amide bonds. The quantitative estimate of drug-likeness (QED) is 0.811. The smallest absolute Gasteiger partial charge is 0.374 e. The van der Waals surface area contributed by atoms with Gasteiger partial charge in [0.1, 0.15) is 11.3 Å². The standard InChI is InChI=1S/C13H14O4/c1-4-16-13(15)12-8(3)10-9(17-12)6-5-7(2)11(10)14/h5-6,14H,4H2,1-3H3. The summed E-state index contributed by atoms with van der Waals surface area (Å²) in [5, 5.41) is 10.5. The number of phenols is 1. The highest BCUT2D eigenvalue weighted by atomic mass is 16.5. The second kappa shape index (κ2) is 4.13. The molecule has 0 unspecified atom stereocenters. The molecular weight excluding hydrogens is 220 g/mol. The van der Waals surface area contributed by atoms with Gasteiger partial charge >= 0.3 is 5.97 Å². The van der Waals surface area contributed by atoms with Gasteiger partial charge in [-0.1, -0.05) is 6.07 Å². The molecule has 2 aromatic rings. The Labute approximate surface area is 98.8 Å². The van der Waals surface area contributed by atoms with E-state index >= 15 is 0 Å². The molecule has 1 N–H and O–H groups in total. The van der Waals surface area contributed by atoms with E-state index in [0.717, 1.165) is 5.56 Å². The summed E-state index contributed by atoms with van der Waals surface area (Å²) in [5.41, 5.74) is 1.85. The Morgan fingerprint density at radius 2 is 2.12 bits per heavy atom. The van der Waals surface area contributed by atoms with Gasteiger partial charge in [-0.2, -0.15) is 0 Å². The molecule has 2 rings (SSSR count). The van der Waals surface area contributed by atoms with Crippen LogP contribution < -0.4 is 0 Å². The van der Waals surface area contributed by atoms with Crippen LogP contribution in [0.1, 0.15) is 28.6 Å². The first-order chi connectivity index (χ1) is 8.06. The van der Waals surface area contributed by atoms with Crippen molar-refractivity contribution in [3.63, 3.8) is 0 Å². The molecule has 0 radical (unpaired) electrons. The number of esters is 1. The number of rotatable bonds is 2. The Balaban J connectivity index is 2.65. The van der Waals surface area contributed by atoms with Gasteiger partial charge in [0, 0.05) is 5.56 Å². The van der Waals surface area contributed by atoms with Crippen molar-refractivity contribution in [2.75, 3.05) is 6.61 Å². The maximum absolute atomic E-state index is 11.6. The summed E-state index contributed by atoms with van der Waals surface area (Å²) in [4.78, 5) is 11.6. The van der Waals surface area contributed by atoms with Crippen molar-refractivity contribution >= 4 is 16.9 Å². The number of benzene rings is 1. The number of carbonyl (C=O) groups excluding carboxylic acids is 1. The van der Waals surface area contributed by atoms with Gasteiger partial charge in [0.25, 0.3) is 0 Å². The van der Waals surface area contributed by atoms with E-state index in [4.69, 9.17) is 9.15 Å². The predicted octanol–water partition coefficient (Wildman–Crippen LogP) is 2.93. The molecule has 0 saturated heterocycles. The maximum Gasteiger partial charge on any atom is 0.374 e. The molecule has 4 nitrogen and oxygen atoms in total. The lowest BCUT2D eigenvalue weighted by Gasteiger charge is -1.99. The molecule has 0 aliphatic heterocycles. The normalized spacial score (nSPS) is 10.8. The molecular formula is C13H14O4. The van der Waals surface area contributed by atoms with Gasteiger partial charge in [-0.3, -0.25) is 0 Å². The largest absolute Gasteiger partial charge is 0.507 e. The number of carbonyl (C=O) groups is 1. The molecule has 1 heterocycles. The minimum Gasteiger partial charge on any atom is -0.507 e. The van der Waals surface area contributed by atoms with Crippen LogP contribution in [0.2, 0.25) is 0 Å². The van der Waals surface area contributed by atoms with Crippen molar-refractivity contribution in [3.05, 3.63) is 29.0 Å². The topological polar surface area (TPSA) is 59.7 Å². The fraction of sp³-hybridized carbons (Fsp3) is 0.308. The number of aromatic hydroxyl groups is 1. The van der Waals surface area contributed by atoms with Crippen molar-refractivity contribution in [1.82, 2.24) is 0 Å². The summed E-state index contributed by atoms with van der Waals surface area (Å²) in [7, 11) is 0. The van der Waals surface area contributed by atoms with E-state index in [1.54, 1.807) is 32.9 Å². The monoisotopic (exact) mass is 234 g/mol. The van der Waals surface area contributed by atoms with E-state index in [9.17, 15) is 9.90 Å². The van der Waals surface area contributed by atoms with Gasteiger partial charge in [-0.05, 0) is 32.4 Å². The van der Waals surface area contributed by atoms with Gasteiger partial charge in [-0.15, -0.1) is 0 Å². The third-order valence-electron chi connectivity index (χ3n) is 2.73. The van der Waals surface area contributed by atoms with Gasteiger partial charge in [0.15, 0.2) is 0 Å². The number of hydrogen-bond acceptors (Lipinski definition) is 4. The zero-order valence-electron chi connectivity index (χ0n) is 10.0. The van der Waals surface area contributed by atoms with Crippen LogP contribution in [-0.2, 0) is 4.74 Å². The third kappa shape index (κ3) is 1.75. The first-order valence-corrected chi connectivity index (χ1v) is 5.45. The van der Waals surface area contributed by atoms with E-state index < -0.39 is 5.97 Å². The number of furan rings is 1. The lowest BCUT2D eigenvalue weighted by Crippen LogP contribution is -2.04. The Hall–Kier alpha value is -1.97. The molecule has 0 aliphatic carbocycles. The van der Waals surface area contributed by atoms with E-state index in [-0.39, 0.29) is 11.5 Å². The van der Waals surface area contributed by atoms with Crippen molar-refractivity contribution in [3.8, 4) is 5.75 Å². The van der Waals surface area contributed by atoms with E-state index in [2.05, 4.69) is 0 Å². The van der Waals surface area contributed by atoms with Gasteiger partial charge in [-0.25, -0.2) is 4.79 Å². The minimum absolute atomic E-state index is 0.152. The average molecular weight is 234 g/mol. The van der Waals surface area contributed by atoms with Crippen molar-refractivity contribution in [1.29, 1.82) is 0 Å². The first-order valence-electron chi connectivity index (χ1n) is 5.45. The Kier molecular flexibility index (Phi) is 2.79. The summed E-state index contributed by atoms with van der Waals surface area (Å²) in [6, 6.07) is 3.48. The van der Waals surface area contributed by atoms with Crippen LogP contribution in [0, 0.1) is 13.8 Å². The van der Waals surface area contributed by atoms with Crippen molar-refractivity contribution in [2.45, 2.75) is 20.8 Å². The summed E-state index contributed by atoms with van der Waals surface area (Å²) < 4.78 is 10.3. The lowest BCUT2D eigenvalue weighted by atomic mass is 10.1. The molecule has 0 fully saturated rings. The van der Waals surface area contributed by atoms with E-state index in [1.807, 2.05) is 0 Å². The zero-order valence-corrected chi connectivity index (χ0v) is 10.0.